The predicted molar refractivity (Wildman–Crippen MR) is 151 cm³/mol. The van der Waals surface area contributed by atoms with Crippen molar-refractivity contribution >= 4 is 32.8 Å². The third-order valence-electron chi connectivity index (χ3n) is 6.94. The lowest BCUT2D eigenvalue weighted by atomic mass is 9.95. The van der Waals surface area contributed by atoms with Crippen molar-refractivity contribution in [3.05, 3.63) is 77.2 Å². The van der Waals surface area contributed by atoms with Crippen LogP contribution in [0, 0.1) is 0 Å². The Kier molecular flexibility index (Phi) is 7.83. The van der Waals surface area contributed by atoms with Crippen molar-refractivity contribution in [2.75, 3.05) is 19.0 Å². The van der Waals surface area contributed by atoms with Gasteiger partial charge in [0, 0.05) is 23.9 Å². The average molecular weight is 566 g/mol. The molecule has 1 amide bonds. The number of imidazole rings is 1. The molecule has 1 fully saturated rings. The normalized spacial score (nSPS) is 14.2. The lowest BCUT2D eigenvalue weighted by Crippen LogP contribution is -2.32. The van der Waals surface area contributed by atoms with Gasteiger partial charge in [0.15, 0.2) is 0 Å². The second kappa shape index (κ2) is 11.5. The number of carbonyl (C=O) groups is 1. The van der Waals surface area contributed by atoms with E-state index in [9.17, 15) is 18.0 Å². The van der Waals surface area contributed by atoms with E-state index < -0.39 is 21.8 Å². The number of benzene rings is 3. The number of methoxy groups -OCH3 is 1. The van der Waals surface area contributed by atoms with E-state index >= 15 is 0 Å². The second-order valence-electron chi connectivity index (χ2n) is 9.49. The van der Waals surface area contributed by atoms with E-state index in [1.54, 1.807) is 53.1 Å². The SMILES string of the molecule is CCOc1ccc2c(c1)n(C1CCCCC1)c(=O)n2S(=O)(=O)c1ccc(NC(=O)Oc2ccccc2)cc1OC. The van der Waals surface area contributed by atoms with Crippen molar-refractivity contribution in [3.8, 4) is 17.2 Å². The zero-order valence-electron chi connectivity index (χ0n) is 22.3. The fourth-order valence-corrected chi connectivity index (χ4v) is 6.69. The van der Waals surface area contributed by atoms with Crippen LogP contribution in [0.2, 0.25) is 0 Å². The summed E-state index contributed by atoms with van der Waals surface area (Å²) < 4.78 is 46.8. The number of hydrogen-bond acceptors (Lipinski definition) is 7. The van der Waals surface area contributed by atoms with Crippen LogP contribution in [-0.4, -0.2) is 36.8 Å². The minimum atomic E-state index is -4.40. The van der Waals surface area contributed by atoms with Crippen LogP contribution in [0.4, 0.5) is 10.5 Å². The topological polar surface area (TPSA) is 118 Å². The van der Waals surface area contributed by atoms with Gasteiger partial charge < -0.3 is 14.2 Å². The maximum atomic E-state index is 14.1. The molecule has 1 aliphatic carbocycles. The number of nitrogens with zero attached hydrogens (tertiary/aromatic N) is 2. The highest BCUT2D eigenvalue weighted by molar-refractivity contribution is 7.90. The van der Waals surface area contributed by atoms with Crippen LogP contribution in [0.5, 0.6) is 17.2 Å². The molecule has 11 heteroatoms. The lowest BCUT2D eigenvalue weighted by Gasteiger charge is -2.23. The number of para-hydroxylation sites is 1. The van der Waals surface area contributed by atoms with Crippen molar-refractivity contribution in [2.24, 2.45) is 0 Å². The van der Waals surface area contributed by atoms with Crippen molar-refractivity contribution in [1.29, 1.82) is 0 Å². The van der Waals surface area contributed by atoms with E-state index in [2.05, 4.69) is 5.32 Å². The molecule has 210 valence electrons. The largest absolute Gasteiger partial charge is 0.495 e. The van der Waals surface area contributed by atoms with Gasteiger partial charge in [-0.15, -0.1) is 0 Å². The molecule has 40 heavy (non-hydrogen) atoms. The number of nitrogens with one attached hydrogen (secondary N) is 1. The first-order valence-corrected chi connectivity index (χ1v) is 14.6. The Morgan fingerprint density at radius 1 is 0.950 bits per heavy atom. The average Bonchev–Trinajstić information content (AvgIpc) is 3.25. The van der Waals surface area contributed by atoms with E-state index in [0.29, 0.717) is 23.6 Å². The molecule has 0 unspecified atom stereocenters. The quantitative estimate of drug-likeness (QED) is 0.297. The molecule has 1 aromatic heterocycles. The minimum absolute atomic E-state index is 0.0334. The summed E-state index contributed by atoms with van der Waals surface area (Å²) in [5.74, 6) is 0.880. The molecule has 3 aromatic carbocycles. The number of amides is 1. The standard InChI is InChI=1S/C29H31N3O7S/c1-3-38-23-15-16-24-25(19-23)31(21-10-6-4-7-11-21)29(34)32(24)40(35,36)27-17-14-20(18-26(27)37-2)30-28(33)39-22-12-8-5-9-13-22/h5,8-9,12-19,21H,3-4,6-7,10-11H2,1-2H3,(H,30,33). The van der Waals surface area contributed by atoms with E-state index in [4.69, 9.17) is 14.2 Å². The number of ether oxygens (including phenoxy) is 3. The molecular formula is C29H31N3O7S. The van der Waals surface area contributed by atoms with Crippen LogP contribution in [0.15, 0.2) is 76.4 Å². The number of rotatable bonds is 8. The van der Waals surface area contributed by atoms with Crippen molar-refractivity contribution in [3.63, 3.8) is 0 Å². The molecule has 1 heterocycles. The van der Waals surface area contributed by atoms with Gasteiger partial charge in [-0.2, -0.15) is 3.97 Å². The number of aromatic nitrogens is 2. The summed E-state index contributed by atoms with van der Waals surface area (Å²) in [6.45, 7) is 2.30. The van der Waals surface area contributed by atoms with Gasteiger partial charge in [0.2, 0.25) is 0 Å². The van der Waals surface area contributed by atoms with Crippen LogP contribution >= 0.6 is 0 Å². The first kappa shape index (κ1) is 27.3. The van der Waals surface area contributed by atoms with Gasteiger partial charge in [0.25, 0.3) is 10.0 Å². The molecule has 0 bridgehead atoms. The highest BCUT2D eigenvalue weighted by Crippen LogP contribution is 2.34. The van der Waals surface area contributed by atoms with Crippen molar-refractivity contribution in [2.45, 2.75) is 50.0 Å². The number of hydrogen-bond donors (Lipinski definition) is 1. The van der Waals surface area contributed by atoms with E-state index in [-0.39, 0.29) is 27.9 Å². The maximum Gasteiger partial charge on any atom is 0.417 e. The number of fused-ring (bicyclic) bond motifs is 1. The highest BCUT2D eigenvalue weighted by atomic mass is 32.2. The molecule has 5 rings (SSSR count). The summed E-state index contributed by atoms with van der Waals surface area (Å²) in [5, 5.41) is 2.57. The molecule has 1 aliphatic rings. The number of anilines is 1. The first-order valence-electron chi connectivity index (χ1n) is 13.2. The molecular weight excluding hydrogens is 534 g/mol. The molecule has 0 spiro atoms. The van der Waals surface area contributed by atoms with E-state index in [1.165, 1.54) is 25.3 Å². The van der Waals surface area contributed by atoms with Gasteiger partial charge in [0.05, 0.1) is 24.8 Å². The predicted octanol–water partition coefficient (Wildman–Crippen LogP) is 5.56. The summed E-state index contributed by atoms with van der Waals surface area (Å²) in [6.07, 6.45) is 3.86. The summed E-state index contributed by atoms with van der Waals surface area (Å²) in [5.41, 5.74) is 0.392. The Bertz CT molecular complexity index is 1690. The zero-order valence-corrected chi connectivity index (χ0v) is 23.1. The molecule has 10 nitrogen and oxygen atoms in total. The van der Waals surface area contributed by atoms with Crippen LogP contribution in [0.3, 0.4) is 0 Å². The summed E-state index contributed by atoms with van der Waals surface area (Å²) in [6, 6.07) is 17.5. The Hall–Kier alpha value is -4.25. The van der Waals surface area contributed by atoms with Gasteiger partial charge in [-0.25, -0.2) is 18.0 Å². The van der Waals surface area contributed by atoms with Gasteiger partial charge in [-0.3, -0.25) is 9.88 Å². The Balaban J connectivity index is 1.55. The molecule has 0 aliphatic heterocycles. The second-order valence-corrected chi connectivity index (χ2v) is 11.2. The summed E-state index contributed by atoms with van der Waals surface area (Å²) in [7, 11) is -3.08. The van der Waals surface area contributed by atoms with E-state index in [1.807, 2.05) is 6.92 Å². The first-order chi connectivity index (χ1) is 19.3. The van der Waals surface area contributed by atoms with Crippen molar-refractivity contribution in [1.82, 2.24) is 8.54 Å². The zero-order chi connectivity index (χ0) is 28.3. The highest BCUT2D eigenvalue weighted by Gasteiger charge is 2.31. The van der Waals surface area contributed by atoms with Crippen LogP contribution in [-0.2, 0) is 10.0 Å². The monoisotopic (exact) mass is 565 g/mol. The third-order valence-corrected chi connectivity index (χ3v) is 8.66. The van der Waals surface area contributed by atoms with Gasteiger partial charge in [-0.05, 0) is 56.2 Å². The van der Waals surface area contributed by atoms with Crippen LogP contribution in [0.1, 0.15) is 45.1 Å². The molecule has 0 atom stereocenters. The molecule has 1 saturated carbocycles. The van der Waals surface area contributed by atoms with Crippen molar-refractivity contribution < 1.29 is 27.4 Å². The van der Waals surface area contributed by atoms with Crippen LogP contribution < -0.4 is 25.2 Å². The van der Waals surface area contributed by atoms with Gasteiger partial charge in [-0.1, -0.05) is 37.5 Å². The smallest absolute Gasteiger partial charge is 0.417 e. The minimum Gasteiger partial charge on any atom is -0.495 e. The molecule has 0 saturated heterocycles. The molecule has 1 N–H and O–H groups in total. The number of carbonyl (C=O) groups excluding carboxylic acids is 1. The summed E-state index contributed by atoms with van der Waals surface area (Å²) >= 11 is 0. The Labute approximate surface area is 232 Å². The summed E-state index contributed by atoms with van der Waals surface area (Å²) in [4.78, 5) is 26.0. The molecule has 4 aromatic rings. The van der Waals surface area contributed by atoms with Crippen LogP contribution in [0.25, 0.3) is 11.0 Å². The van der Waals surface area contributed by atoms with E-state index in [0.717, 1.165) is 36.1 Å². The Morgan fingerprint density at radius 3 is 2.40 bits per heavy atom. The molecule has 0 radical (unpaired) electrons. The third kappa shape index (κ3) is 5.29. The van der Waals surface area contributed by atoms with Gasteiger partial charge >= 0.3 is 11.8 Å². The fourth-order valence-electron chi connectivity index (χ4n) is 5.15. The van der Waals surface area contributed by atoms with Gasteiger partial charge in [0.1, 0.15) is 22.1 Å². The maximum absolute atomic E-state index is 14.1. The fraction of sp³-hybridized carbons (Fsp3) is 0.310. The Morgan fingerprint density at radius 2 is 1.70 bits per heavy atom. The lowest BCUT2D eigenvalue weighted by molar-refractivity contribution is 0.215.